The summed E-state index contributed by atoms with van der Waals surface area (Å²) in [6.07, 6.45) is -6.00. The van der Waals surface area contributed by atoms with Crippen LogP contribution in [-0.2, 0) is 0 Å². The fourth-order valence-corrected chi connectivity index (χ4v) is 1.49. The van der Waals surface area contributed by atoms with Gasteiger partial charge in [0.2, 0.25) is 0 Å². The highest BCUT2D eigenvalue weighted by atomic mass is 19.4. The summed E-state index contributed by atoms with van der Waals surface area (Å²) in [6.45, 7) is 5.29. The van der Waals surface area contributed by atoms with Crippen LogP contribution in [0.5, 0.6) is 0 Å². The van der Waals surface area contributed by atoms with Gasteiger partial charge in [0, 0.05) is 0 Å². The summed E-state index contributed by atoms with van der Waals surface area (Å²) >= 11 is 0. The summed E-state index contributed by atoms with van der Waals surface area (Å²) in [6, 6.07) is 0. The first-order valence-electron chi connectivity index (χ1n) is 5.74. The van der Waals surface area contributed by atoms with Crippen LogP contribution >= 0.6 is 0 Å². The Hall–Kier alpha value is -0.650. The lowest BCUT2D eigenvalue weighted by Crippen LogP contribution is -2.47. The molecule has 0 aromatic rings. The largest absolute Gasteiger partial charge is 0.456 e. The van der Waals surface area contributed by atoms with Gasteiger partial charge >= 0.3 is 12.1 Å². The normalized spacial score (nSPS) is 16.3. The molecule has 6 heteroatoms. The molecule has 0 saturated carbocycles. The number of allylic oxidation sites excluding steroid dienone is 2. The molecule has 108 valence electrons. The molecule has 0 radical (unpaired) electrons. The number of hydrogen-bond donors (Lipinski definition) is 1. The molecule has 0 aromatic heterocycles. The van der Waals surface area contributed by atoms with Crippen molar-refractivity contribution in [2.45, 2.75) is 58.2 Å². The Morgan fingerprint density at radius 2 is 1.67 bits per heavy atom. The van der Waals surface area contributed by atoms with E-state index in [9.17, 15) is 22.0 Å². The molecule has 0 amide bonds. The zero-order valence-corrected chi connectivity index (χ0v) is 10.7. The molecule has 1 unspecified atom stereocenters. The highest BCUT2D eigenvalue weighted by Crippen LogP contribution is 2.40. The third-order valence-corrected chi connectivity index (χ3v) is 2.63. The minimum absolute atomic E-state index is 0.399. The monoisotopic (exact) mass is 274 g/mol. The Labute approximate surface area is 104 Å². The van der Waals surface area contributed by atoms with E-state index in [2.05, 4.69) is 0 Å². The van der Waals surface area contributed by atoms with Crippen molar-refractivity contribution in [2.75, 3.05) is 0 Å². The number of aliphatic hydroxyl groups excluding tert-OH is 1. The van der Waals surface area contributed by atoms with Gasteiger partial charge in [-0.3, -0.25) is 0 Å². The van der Waals surface area contributed by atoms with E-state index in [4.69, 9.17) is 5.11 Å². The smallest absolute Gasteiger partial charge is 0.386 e. The maximum atomic E-state index is 12.7. The van der Waals surface area contributed by atoms with E-state index in [0.29, 0.717) is 12.8 Å². The van der Waals surface area contributed by atoms with E-state index in [1.807, 2.05) is 19.9 Å². The third-order valence-electron chi connectivity index (χ3n) is 2.63. The lowest BCUT2D eigenvalue weighted by atomic mass is 9.95. The van der Waals surface area contributed by atoms with Crippen LogP contribution in [-0.4, -0.2) is 23.3 Å². The molecule has 2 atom stereocenters. The van der Waals surface area contributed by atoms with Gasteiger partial charge in [-0.15, -0.1) is 0 Å². The van der Waals surface area contributed by atoms with Crippen molar-refractivity contribution in [1.29, 1.82) is 0 Å². The fraction of sp³-hybridized carbons (Fsp3) is 0.833. The lowest BCUT2D eigenvalue weighted by molar-refractivity contribution is -0.314. The topological polar surface area (TPSA) is 20.2 Å². The van der Waals surface area contributed by atoms with Crippen LogP contribution < -0.4 is 0 Å². The molecule has 1 nitrogen and oxygen atoms in total. The zero-order chi connectivity index (χ0) is 14.6. The number of rotatable bonds is 6. The highest BCUT2D eigenvalue weighted by molar-refractivity contribution is 4.93. The molecule has 0 aliphatic rings. The average Bonchev–Trinajstić information content (AvgIpc) is 2.14. The quantitative estimate of drug-likeness (QED) is 0.565. The van der Waals surface area contributed by atoms with Crippen molar-refractivity contribution in [1.82, 2.24) is 0 Å². The summed E-state index contributed by atoms with van der Waals surface area (Å²) in [5.41, 5.74) is 1.06. The zero-order valence-electron chi connectivity index (χ0n) is 10.7. The van der Waals surface area contributed by atoms with Crippen molar-refractivity contribution in [3.63, 3.8) is 0 Å². The molecule has 0 aromatic carbocycles. The molecule has 0 rings (SSSR count). The summed E-state index contributed by atoms with van der Waals surface area (Å²) < 4.78 is 61.4. The first-order chi connectivity index (χ1) is 7.98. The second kappa shape index (κ2) is 6.50. The molecule has 18 heavy (non-hydrogen) atoms. The van der Waals surface area contributed by atoms with Gasteiger partial charge in [0.25, 0.3) is 0 Å². The summed E-state index contributed by atoms with van der Waals surface area (Å²) in [5, 5.41) is 9.01. The van der Waals surface area contributed by atoms with Gasteiger partial charge in [-0.2, -0.15) is 22.0 Å². The molecule has 0 aliphatic carbocycles. The minimum Gasteiger partial charge on any atom is -0.386 e. The first-order valence-corrected chi connectivity index (χ1v) is 5.74. The van der Waals surface area contributed by atoms with Crippen molar-refractivity contribution in [3.8, 4) is 0 Å². The van der Waals surface area contributed by atoms with Crippen molar-refractivity contribution < 1.29 is 27.1 Å². The van der Waals surface area contributed by atoms with Crippen molar-refractivity contribution in [2.24, 2.45) is 5.92 Å². The Kier molecular flexibility index (Phi) is 6.26. The Balaban J connectivity index is 4.31. The molecule has 0 fully saturated rings. The first kappa shape index (κ1) is 17.4. The third kappa shape index (κ3) is 5.33. The van der Waals surface area contributed by atoms with Crippen LogP contribution in [0.2, 0.25) is 0 Å². The number of halogens is 5. The van der Waals surface area contributed by atoms with Crippen LogP contribution in [0.4, 0.5) is 22.0 Å². The van der Waals surface area contributed by atoms with Gasteiger partial charge < -0.3 is 5.11 Å². The average molecular weight is 274 g/mol. The molecule has 0 saturated heterocycles. The SMILES string of the molecule is CC(C)=CCC[C@H](C)CC(O)C(F)(F)C(F)(F)F. The predicted molar refractivity (Wildman–Crippen MR) is 59.5 cm³/mol. The minimum atomic E-state index is -5.70. The lowest BCUT2D eigenvalue weighted by Gasteiger charge is -2.26. The van der Waals surface area contributed by atoms with Crippen LogP contribution in [0.25, 0.3) is 0 Å². The number of hydrogen-bond acceptors (Lipinski definition) is 1. The number of aliphatic hydroxyl groups is 1. The van der Waals surface area contributed by atoms with Gasteiger partial charge in [0.05, 0.1) is 0 Å². The molecule has 0 heterocycles. The van der Waals surface area contributed by atoms with Gasteiger partial charge in [-0.1, -0.05) is 18.6 Å². The maximum Gasteiger partial charge on any atom is 0.456 e. The second-order valence-corrected chi connectivity index (χ2v) is 4.84. The molecular weight excluding hydrogens is 255 g/mol. The Morgan fingerprint density at radius 1 is 1.17 bits per heavy atom. The van der Waals surface area contributed by atoms with Gasteiger partial charge in [-0.25, -0.2) is 0 Å². The maximum absolute atomic E-state index is 12.7. The molecule has 0 aliphatic heterocycles. The van der Waals surface area contributed by atoms with Crippen LogP contribution in [0, 0.1) is 5.92 Å². The van der Waals surface area contributed by atoms with Crippen molar-refractivity contribution >= 4 is 0 Å². The van der Waals surface area contributed by atoms with E-state index >= 15 is 0 Å². The van der Waals surface area contributed by atoms with Gasteiger partial charge in [0.1, 0.15) is 6.10 Å². The molecule has 1 N–H and O–H groups in total. The van der Waals surface area contributed by atoms with Crippen LogP contribution in [0.3, 0.4) is 0 Å². The van der Waals surface area contributed by atoms with E-state index in [1.54, 1.807) is 6.92 Å². The Bertz CT molecular complexity index is 279. The van der Waals surface area contributed by atoms with Crippen molar-refractivity contribution in [3.05, 3.63) is 11.6 Å². The van der Waals surface area contributed by atoms with Gasteiger partial charge in [-0.05, 0) is 39.0 Å². The highest BCUT2D eigenvalue weighted by Gasteiger charge is 2.62. The van der Waals surface area contributed by atoms with E-state index in [1.165, 1.54) is 0 Å². The summed E-state index contributed by atoms with van der Waals surface area (Å²) in [4.78, 5) is 0. The van der Waals surface area contributed by atoms with E-state index in [-0.39, 0.29) is 0 Å². The van der Waals surface area contributed by atoms with E-state index in [0.717, 1.165) is 5.57 Å². The standard InChI is InChI=1S/C12H19F5O/c1-8(2)5-4-6-9(3)7-10(18)11(13,14)12(15,16)17/h5,9-10,18H,4,6-7H2,1-3H3/t9-,10?/m0/s1. The summed E-state index contributed by atoms with van der Waals surface area (Å²) in [5.74, 6) is -5.44. The number of alkyl halides is 5. The Morgan fingerprint density at radius 3 is 2.06 bits per heavy atom. The molecule has 0 bridgehead atoms. The van der Waals surface area contributed by atoms with Crippen LogP contribution in [0.15, 0.2) is 11.6 Å². The fourth-order valence-electron chi connectivity index (χ4n) is 1.49. The molecule has 0 spiro atoms. The summed E-state index contributed by atoms with van der Waals surface area (Å²) in [7, 11) is 0. The van der Waals surface area contributed by atoms with E-state index < -0.39 is 30.5 Å². The second-order valence-electron chi connectivity index (χ2n) is 4.84. The van der Waals surface area contributed by atoms with Gasteiger partial charge in [0.15, 0.2) is 0 Å². The predicted octanol–water partition coefficient (Wildman–Crippen LogP) is 4.32. The molecular formula is C12H19F5O. The van der Waals surface area contributed by atoms with Crippen LogP contribution in [0.1, 0.15) is 40.0 Å².